The van der Waals surface area contributed by atoms with E-state index in [1.807, 2.05) is 0 Å². The Kier molecular flexibility index (Phi) is 3.97. The number of anilines is 2. The van der Waals surface area contributed by atoms with E-state index in [0.717, 1.165) is 6.07 Å². The van der Waals surface area contributed by atoms with Crippen molar-refractivity contribution in [3.05, 3.63) is 47.3 Å². The zero-order valence-electron chi connectivity index (χ0n) is 12.1. The summed E-state index contributed by atoms with van der Waals surface area (Å²) in [7, 11) is 0. The Morgan fingerprint density at radius 3 is 2.62 bits per heavy atom. The third kappa shape index (κ3) is 3.08. The largest absolute Gasteiger partial charge is 0.872 e. The lowest BCUT2D eigenvalue weighted by Crippen LogP contribution is -1.98. The van der Waals surface area contributed by atoms with Crippen molar-refractivity contribution < 1.29 is 25.2 Å². The van der Waals surface area contributed by atoms with Crippen LogP contribution in [0, 0.1) is 0 Å². The second-order valence-electron chi connectivity index (χ2n) is 4.88. The Morgan fingerprint density at radius 2 is 1.96 bits per heavy atom. The van der Waals surface area contributed by atoms with Gasteiger partial charge in [0.25, 0.3) is 0 Å². The van der Waals surface area contributed by atoms with Crippen LogP contribution < -0.4 is 10.4 Å². The van der Waals surface area contributed by atoms with E-state index in [2.05, 4.69) is 10.3 Å². The normalized spacial score (nSPS) is 10.5. The molecule has 0 saturated carbocycles. The van der Waals surface area contributed by atoms with Gasteiger partial charge in [0.15, 0.2) is 5.13 Å². The Bertz CT molecular complexity index is 923. The number of hydrogen-bond donors (Lipinski definition) is 4. The Morgan fingerprint density at radius 1 is 1.17 bits per heavy atom. The number of benzene rings is 2. The summed E-state index contributed by atoms with van der Waals surface area (Å²) in [5.41, 5.74) is 1.09. The van der Waals surface area contributed by atoms with Crippen molar-refractivity contribution in [3.8, 4) is 28.5 Å². The average molecular weight is 343 g/mol. The second kappa shape index (κ2) is 6.09. The van der Waals surface area contributed by atoms with Gasteiger partial charge in [-0.25, -0.2) is 9.78 Å². The van der Waals surface area contributed by atoms with E-state index in [1.54, 1.807) is 5.38 Å². The quantitative estimate of drug-likeness (QED) is 0.574. The molecule has 0 aliphatic carbocycles. The van der Waals surface area contributed by atoms with Crippen molar-refractivity contribution in [1.29, 1.82) is 0 Å². The number of carbonyl (C=O) groups is 1. The van der Waals surface area contributed by atoms with Crippen LogP contribution in [0.15, 0.2) is 41.8 Å². The van der Waals surface area contributed by atoms with Crippen LogP contribution in [0.3, 0.4) is 0 Å². The van der Waals surface area contributed by atoms with E-state index in [4.69, 9.17) is 5.11 Å². The third-order valence-electron chi connectivity index (χ3n) is 3.22. The minimum Gasteiger partial charge on any atom is -0.872 e. The molecule has 8 heteroatoms. The van der Waals surface area contributed by atoms with Crippen LogP contribution in [0.1, 0.15) is 10.4 Å². The molecule has 0 fully saturated rings. The van der Waals surface area contributed by atoms with Gasteiger partial charge < -0.3 is 25.7 Å². The lowest BCUT2D eigenvalue weighted by molar-refractivity contribution is -0.267. The topological polar surface area (TPSA) is 126 Å². The van der Waals surface area contributed by atoms with Gasteiger partial charge in [-0.3, -0.25) is 0 Å². The van der Waals surface area contributed by atoms with Gasteiger partial charge in [0, 0.05) is 17.1 Å². The fourth-order valence-corrected chi connectivity index (χ4v) is 2.82. The minimum absolute atomic E-state index is 0.105. The van der Waals surface area contributed by atoms with Crippen LogP contribution in [0.2, 0.25) is 0 Å². The maximum atomic E-state index is 11.8. The Hall–Kier alpha value is -3.26. The summed E-state index contributed by atoms with van der Waals surface area (Å²) in [6.45, 7) is 0. The number of rotatable bonds is 4. The third-order valence-corrected chi connectivity index (χ3v) is 3.98. The molecule has 0 bridgehead atoms. The summed E-state index contributed by atoms with van der Waals surface area (Å²) in [5.74, 6) is -2.02. The van der Waals surface area contributed by atoms with E-state index in [1.165, 1.54) is 41.7 Å². The van der Waals surface area contributed by atoms with E-state index >= 15 is 0 Å². The summed E-state index contributed by atoms with van der Waals surface area (Å²) >= 11 is 1.25. The van der Waals surface area contributed by atoms with E-state index in [9.17, 15) is 20.1 Å². The number of aromatic hydroxyl groups is 2. The highest BCUT2D eigenvalue weighted by Gasteiger charge is 2.11. The molecule has 3 aromatic rings. The molecule has 0 aliphatic heterocycles. The van der Waals surface area contributed by atoms with Gasteiger partial charge in [-0.15, -0.1) is 11.3 Å². The van der Waals surface area contributed by atoms with E-state index in [-0.39, 0.29) is 22.8 Å². The van der Waals surface area contributed by atoms with Gasteiger partial charge in [0.05, 0.1) is 5.69 Å². The first-order chi connectivity index (χ1) is 11.4. The summed E-state index contributed by atoms with van der Waals surface area (Å²) in [6.07, 6.45) is 0. The van der Waals surface area contributed by atoms with Gasteiger partial charge in [-0.2, -0.15) is 0 Å². The number of nitrogens with one attached hydrogen (secondary N) is 1. The Balaban J connectivity index is 1.84. The van der Waals surface area contributed by atoms with Crippen molar-refractivity contribution in [3.63, 3.8) is 0 Å². The minimum atomic E-state index is -1.22. The molecule has 3 rings (SSSR count). The van der Waals surface area contributed by atoms with Gasteiger partial charge in [-0.1, -0.05) is 5.75 Å². The van der Waals surface area contributed by atoms with Gasteiger partial charge in [-0.05, 0) is 35.9 Å². The molecule has 2 aromatic carbocycles. The molecule has 24 heavy (non-hydrogen) atoms. The smallest absolute Gasteiger partial charge is 0.339 e. The van der Waals surface area contributed by atoms with Crippen molar-refractivity contribution in [2.75, 3.05) is 5.32 Å². The molecule has 0 spiro atoms. The predicted molar refractivity (Wildman–Crippen MR) is 87.0 cm³/mol. The van der Waals surface area contributed by atoms with Crippen LogP contribution >= 0.6 is 11.3 Å². The first kappa shape index (κ1) is 15.6. The standard InChI is InChI=1S/C16H12N2O5S/c19-9-2-4-10(14(21)6-9)12-7-24-16(18-12)17-8-1-3-11(15(22)23)13(20)5-8/h1-7,19-21H,(H,17,18)(H,22,23)/p-1. The van der Waals surface area contributed by atoms with Crippen molar-refractivity contribution in [2.24, 2.45) is 0 Å². The van der Waals surface area contributed by atoms with Crippen LogP contribution in [0.5, 0.6) is 17.2 Å². The maximum Gasteiger partial charge on any atom is 0.339 e. The molecule has 0 atom stereocenters. The summed E-state index contributed by atoms with van der Waals surface area (Å²) in [6, 6.07) is 8.08. The van der Waals surface area contributed by atoms with Gasteiger partial charge in [0.2, 0.25) is 0 Å². The molecule has 7 nitrogen and oxygen atoms in total. The lowest BCUT2D eigenvalue weighted by atomic mass is 10.1. The van der Waals surface area contributed by atoms with E-state index in [0.29, 0.717) is 22.1 Å². The van der Waals surface area contributed by atoms with Crippen molar-refractivity contribution in [2.45, 2.75) is 0 Å². The van der Waals surface area contributed by atoms with Crippen molar-refractivity contribution in [1.82, 2.24) is 4.98 Å². The monoisotopic (exact) mass is 343 g/mol. The first-order valence-corrected chi connectivity index (χ1v) is 7.61. The molecule has 0 aliphatic rings. The zero-order valence-corrected chi connectivity index (χ0v) is 12.9. The number of hydrogen-bond acceptors (Lipinski definition) is 7. The molecular formula is C16H11N2O5S-. The van der Waals surface area contributed by atoms with Gasteiger partial charge >= 0.3 is 5.97 Å². The van der Waals surface area contributed by atoms with Crippen LogP contribution in [0.4, 0.5) is 10.8 Å². The molecular weight excluding hydrogens is 332 g/mol. The number of carboxylic acids is 1. The Labute approximate surface area is 140 Å². The summed E-state index contributed by atoms with van der Waals surface area (Å²) < 4.78 is 0. The first-order valence-electron chi connectivity index (χ1n) is 6.73. The number of carboxylic acid groups (broad SMARTS) is 1. The molecule has 1 aromatic heterocycles. The molecule has 0 saturated heterocycles. The number of phenols is 2. The van der Waals surface area contributed by atoms with Crippen LogP contribution in [-0.4, -0.2) is 26.3 Å². The number of thiazole rings is 1. The highest BCUT2D eigenvalue weighted by molar-refractivity contribution is 7.14. The number of aromatic carboxylic acids is 1. The molecule has 0 amide bonds. The average Bonchev–Trinajstić information content (AvgIpc) is 2.95. The van der Waals surface area contributed by atoms with Gasteiger partial charge in [0.1, 0.15) is 17.1 Å². The zero-order chi connectivity index (χ0) is 17.3. The number of aromatic nitrogens is 1. The van der Waals surface area contributed by atoms with E-state index < -0.39 is 5.97 Å². The predicted octanol–water partition coefficient (Wildman–Crippen LogP) is 2.74. The summed E-state index contributed by atoms with van der Waals surface area (Å²) in [5, 5.41) is 44.8. The fraction of sp³-hybridized carbons (Fsp3) is 0. The maximum absolute atomic E-state index is 11.8. The SMILES string of the molecule is O=C(O)c1ccc(Nc2nc(-c3ccc(O)cc3[O-])cs2)cc1O. The fourth-order valence-electron chi connectivity index (χ4n) is 2.09. The molecule has 1 heterocycles. The second-order valence-corrected chi connectivity index (χ2v) is 5.74. The molecule has 0 unspecified atom stereocenters. The highest BCUT2D eigenvalue weighted by atomic mass is 32.1. The molecule has 0 radical (unpaired) electrons. The number of phenolic OH excluding ortho intramolecular Hbond substituents is 1. The molecule has 4 N–H and O–H groups in total. The lowest BCUT2D eigenvalue weighted by Gasteiger charge is -2.11. The summed E-state index contributed by atoms with van der Waals surface area (Å²) in [4.78, 5) is 15.2. The highest BCUT2D eigenvalue weighted by Crippen LogP contribution is 2.33. The van der Waals surface area contributed by atoms with Crippen LogP contribution in [0.25, 0.3) is 11.3 Å². The van der Waals surface area contributed by atoms with Crippen LogP contribution in [-0.2, 0) is 0 Å². The van der Waals surface area contributed by atoms with Crippen molar-refractivity contribution >= 4 is 28.1 Å². The molecule has 122 valence electrons. The number of nitrogens with zero attached hydrogens (tertiary/aromatic N) is 1.